The number of aromatic nitrogens is 3. The highest BCUT2D eigenvalue weighted by atomic mass is 32.2. The van der Waals surface area contributed by atoms with Gasteiger partial charge in [0.15, 0.2) is 5.16 Å². The summed E-state index contributed by atoms with van der Waals surface area (Å²) >= 11 is 1.47. The topological polar surface area (TPSA) is 51.0 Å². The molecule has 1 fully saturated rings. The molecule has 1 amide bonds. The summed E-state index contributed by atoms with van der Waals surface area (Å²) in [6.45, 7) is 5.87. The van der Waals surface area contributed by atoms with Gasteiger partial charge in [0.2, 0.25) is 5.91 Å². The van der Waals surface area contributed by atoms with Gasteiger partial charge in [0.1, 0.15) is 5.82 Å². The van der Waals surface area contributed by atoms with Crippen molar-refractivity contribution in [2.45, 2.75) is 38.3 Å². The maximum absolute atomic E-state index is 12.2. The fraction of sp³-hybridized carbons (Fsp3) is 0.471. The SMILES string of the molecule is CCc1ccc(-n2c(C)nnc2SCC(=O)N2CCCC2)cc1. The van der Waals surface area contributed by atoms with E-state index >= 15 is 0 Å². The maximum Gasteiger partial charge on any atom is 0.233 e. The number of benzene rings is 1. The van der Waals surface area contributed by atoms with E-state index in [0.29, 0.717) is 5.75 Å². The van der Waals surface area contributed by atoms with Crippen LogP contribution < -0.4 is 0 Å². The smallest absolute Gasteiger partial charge is 0.233 e. The Bertz CT molecular complexity index is 674. The molecule has 0 radical (unpaired) electrons. The summed E-state index contributed by atoms with van der Waals surface area (Å²) < 4.78 is 2.02. The summed E-state index contributed by atoms with van der Waals surface area (Å²) in [4.78, 5) is 14.1. The second kappa shape index (κ2) is 7.17. The minimum atomic E-state index is 0.195. The van der Waals surface area contributed by atoms with Crippen LogP contribution in [0.3, 0.4) is 0 Å². The Morgan fingerprint density at radius 3 is 2.52 bits per heavy atom. The summed E-state index contributed by atoms with van der Waals surface area (Å²) in [5.74, 6) is 1.46. The summed E-state index contributed by atoms with van der Waals surface area (Å²) in [5.41, 5.74) is 2.35. The summed E-state index contributed by atoms with van der Waals surface area (Å²) in [6.07, 6.45) is 3.26. The lowest BCUT2D eigenvalue weighted by molar-refractivity contribution is -0.127. The first kappa shape index (κ1) is 16.1. The Kier molecular flexibility index (Phi) is 5.00. The Labute approximate surface area is 141 Å². The third kappa shape index (κ3) is 3.58. The lowest BCUT2D eigenvalue weighted by Crippen LogP contribution is -2.29. The Morgan fingerprint density at radius 2 is 1.87 bits per heavy atom. The van der Waals surface area contributed by atoms with E-state index in [9.17, 15) is 4.79 Å². The first-order valence-corrected chi connectivity index (χ1v) is 9.09. The van der Waals surface area contributed by atoms with Crippen LogP contribution in [0.5, 0.6) is 0 Å². The van der Waals surface area contributed by atoms with Gasteiger partial charge in [-0.3, -0.25) is 9.36 Å². The van der Waals surface area contributed by atoms with Crippen molar-refractivity contribution in [2.24, 2.45) is 0 Å². The molecule has 23 heavy (non-hydrogen) atoms. The summed E-state index contributed by atoms with van der Waals surface area (Å²) in [7, 11) is 0. The molecule has 1 aliphatic heterocycles. The monoisotopic (exact) mass is 330 g/mol. The minimum Gasteiger partial charge on any atom is -0.342 e. The normalized spacial score (nSPS) is 14.4. The highest BCUT2D eigenvalue weighted by Crippen LogP contribution is 2.23. The van der Waals surface area contributed by atoms with Gasteiger partial charge in [0.25, 0.3) is 0 Å². The van der Waals surface area contributed by atoms with Crippen LogP contribution in [-0.4, -0.2) is 44.4 Å². The van der Waals surface area contributed by atoms with E-state index in [-0.39, 0.29) is 5.91 Å². The fourth-order valence-electron chi connectivity index (χ4n) is 2.80. The van der Waals surface area contributed by atoms with Gasteiger partial charge in [-0.1, -0.05) is 30.8 Å². The molecular weight excluding hydrogens is 308 g/mol. The Morgan fingerprint density at radius 1 is 1.17 bits per heavy atom. The molecule has 0 N–H and O–H groups in total. The van der Waals surface area contributed by atoms with Crippen LogP contribution in [-0.2, 0) is 11.2 Å². The first-order chi connectivity index (χ1) is 11.2. The third-order valence-corrected chi connectivity index (χ3v) is 5.10. The van der Waals surface area contributed by atoms with Crippen LogP contribution in [0.2, 0.25) is 0 Å². The lowest BCUT2D eigenvalue weighted by atomic mass is 10.1. The van der Waals surface area contributed by atoms with Gasteiger partial charge in [-0.05, 0) is 43.9 Å². The average Bonchev–Trinajstić information content (AvgIpc) is 3.23. The molecule has 6 heteroatoms. The van der Waals surface area contributed by atoms with Crippen LogP contribution in [0.1, 0.15) is 31.2 Å². The van der Waals surface area contributed by atoms with E-state index in [1.54, 1.807) is 0 Å². The molecule has 1 aromatic carbocycles. The van der Waals surface area contributed by atoms with Gasteiger partial charge in [0.05, 0.1) is 5.75 Å². The number of rotatable bonds is 5. The van der Waals surface area contributed by atoms with Crippen LogP contribution in [0, 0.1) is 6.92 Å². The quantitative estimate of drug-likeness (QED) is 0.791. The van der Waals surface area contributed by atoms with Gasteiger partial charge < -0.3 is 4.90 Å². The predicted octanol–water partition coefficient (Wildman–Crippen LogP) is 2.85. The standard InChI is InChI=1S/C17H22N4OS/c1-3-14-6-8-15(9-7-14)21-13(2)18-19-17(21)23-12-16(22)20-10-4-5-11-20/h6-9H,3-5,10-12H2,1-2H3. The number of carbonyl (C=O) groups excluding carboxylic acids is 1. The number of nitrogens with zero attached hydrogens (tertiary/aromatic N) is 4. The predicted molar refractivity (Wildman–Crippen MR) is 92.0 cm³/mol. The fourth-order valence-corrected chi connectivity index (χ4v) is 3.70. The van der Waals surface area contributed by atoms with Crippen LogP contribution >= 0.6 is 11.8 Å². The van der Waals surface area contributed by atoms with Crippen molar-refractivity contribution in [3.63, 3.8) is 0 Å². The molecule has 0 spiro atoms. The molecule has 1 aromatic heterocycles. The summed E-state index contributed by atoms with van der Waals surface area (Å²) in [5, 5.41) is 9.19. The second-order valence-corrected chi connectivity index (χ2v) is 6.70. The number of carbonyl (C=O) groups is 1. The number of aryl methyl sites for hydroxylation is 2. The van der Waals surface area contributed by atoms with Crippen molar-refractivity contribution in [3.8, 4) is 5.69 Å². The Hall–Kier alpha value is -1.82. The highest BCUT2D eigenvalue weighted by molar-refractivity contribution is 7.99. The Balaban J connectivity index is 1.74. The number of thioether (sulfide) groups is 1. The van der Waals surface area contributed by atoms with Crippen LogP contribution in [0.4, 0.5) is 0 Å². The number of hydrogen-bond acceptors (Lipinski definition) is 4. The largest absolute Gasteiger partial charge is 0.342 e. The average molecular weight is 330 g/mol. The zero-order chi connectivity index (χ0) is 16.2. The van der Waals surface area contributed by atoms with E-state index in [1.165, 1.54) is 17.3 Å². The molecule has 1 aliphatic rings. The first-order valence-electron chi connectivity index (χ1n) is 8.11. The van der Waals surface area contributed by atoms with E-state index in [2.05, 4.69) is 41.4 Å². The molecule has 2 heterocycles. The van der Waals surface area contributed by atoms with Crippen molar-refractivity contribution in [2.75, 3.05) is 18.8 Å². The van der Waals surface area contributed by atoms with Crippen molar-refractivity contribution < 1.29 is 4.79 Å². The van der Waals surface area contributed by atoms with E-state index in [1.807, 2.05) is 16.4 Å². The number of hydrogen-bond donors (Lipinski definition) is 0. The van der Waals surface area contributed by atoms with Crippen molar-refractivity contribution in [1.29, 1.82) is 0 Å². The van der Waals surface area contributed by atoms with Crippen molar-refractivity contribution in [3.05, 3.63) is 35.7 Å². The molecule has 2 aromatic rings. The van der Waals surface area contributed by atoms with Gasteiger partial charge in [-0.25, -0.2) is 0 Å². The molecule has 1 saturated heterocycles. The van der Waals surface area contributed by atoms with Crippen LogP contribution in [0.15, 0.2) is 29.4 Å². The van der Waals surface area contributed by atoms with Gasteiger partial charge in [-0.15, -0.1) is 10.2 Å². The second-order valence-electron chi connectivity index (χ2n) is 5.76. The maximum atomic E-state index is 12.2. The molecule has 0 unspecified atom stereocenters. The molecule has 0 aliphatic carbocycles. The number of likely N-dealkylation sites (tertiary alicyclic amines) is 1. The highest BCUT2D eigenvalue weighted by Gasteiger charge is 2.19. The molecule has 122 valence electrons. The minimum absolute atomic E-state index is 0.195. The zero-order valence-corrected chi connectivity index (χ0v) is 14.5. The van der Waals surface area contributed by atoms with Gasteiger partial charge in [0, 0.05) is 18.8 Å². The number of amides is 1. The molecular formula is C17H22N4OS. The van der Waals surface area contributed by atoms with E-state index in [4.69, 9.17) is 0 Å². The van der Waals surface area contributed by atoms with Gasteiger partial charge >= 0.3 is 0 Å². The molecule has 0 atom stereocenters. The lowest BCUT2D eigenvalue weighted by Gasteiger charge is -2.15. The van der Waals surface area contributed by atoms with Crippen molar-refractivity contribution >= 4 is 17.7 Å². The zero-order valence-electron chi connectivity index (χ0n) is 13.7. The summed E-state index contributed by atoms with van der Waals surface area (Å²) in [6, 6.07) is 8.42. The molecule has 3 rings (SSSR count). The van der Waals surface area contributed by atoms with E-state index in [0.717, 1.165) is 49.0 Å². The van der Waals surface area contributed by atoms with Crippen molar-refractivity contribution in [1.82, 2.24) is 19.7 Å². The third-order valence-electron chi connectivity index (χ3n) is 4.18. The molecule has 0 saturated carbocycles. The van der Waals surface area contributed by atoms with Gasteiger partial charge in [-0.2, -0.15) is 0 Å². The van der Waals surface area contributed by atoms with Crippen LogP contribution in [0.25, 0.3) is 5.69 Å². The molecule has 0 bridgehead atoms. The molecule has 5 nitrogen and oxygen atoms in total. The van der Waals surface area contributed by atoms with E-state index < -0.39 is 0 Å².